The van der Waals surface area contributed by atoms with Crippen LogP contribution in [0.2, 0.25) is 0 Å². The molecule has 0 radical (unpaired) electrons. The molecular weight excluding hydrogens is 599 g/mol. The Balaban J connectivity index is 1.27. The highest BCUT2D eigenvalue weighted by Crippen LogP contribution is 2.65. The Bertz CT molecular complexity index is 1390. The third-order valence-corrected chi connectivity index (χ3v) is 10.2. The van der Waals surface area contributed by atoms with E-state index in [9.17, 15) is 14.4 Å². The molecule has 1 saturated heterocycles. The molecule has 0 spiro atoms. The van der Waals surface area contributed by atoms with Crippen molar-refractivity contribution >= 4 is 24.9 Å². The van der Waals surface area contributed by atoms with Crippen LogP contribution in [0.3, 0.4) is 0 Å². The molecule has 2 N–H and O–H groups in total. The van der Waals surface area contributed by atoms with Gasteiger partial charge >= 0.3 is 13.1 Å². The number of hydrogen-bond acceptors (Lipinski definition) is 9. The first-order chi connectivity index (χ1) is 22.4. The van der Waals surface area contributed by atoms with Crippen LogP contribution in [0.25, 0.3) is 0 Å². The van der Waals surface area contributed by atoms with Crippen molar-refractivity contribution < 1.29 is 33.2 Å². The lowest BCUT2D eigenvalue weighted by Crippen LogP contribution is -2.65. The molecule has 6 atom stereocenters. The van der Waals surface area contributed by atoms with Gasteiger partial charge in [0, 0.05) is 25.2 Å². The Hall–Kier alpha value is -3.51. The number of rotatable bonds is 15. The van der Waals surface area contributed by atoms with Crippen molar-refractivity contribution in [3.8, 4) is 5.75 Å². The van der Waals surface area contributed by atoms with E-state index in [-0.39, 0.29) is 41.4 Å². The van der Waals surface area contributed by atoms with Gasteiger partial charge in [-0.05, 0) is 80.4 Å². The van der Waals surface area contributed by atoms with Crippen LogP contribution in [0.4, 0.5) is 0 Å². The molecule has 12 heteroatoms. The fourth-order valence-electron chi connectivity index (χ4n) is 7.56. The second kappa shape index (κ2) is 14.7. The van der Waals surface area contributed by atoms with E-state index < -0.39 is 30.6 Å². The number of aromatic nitrogens is 2. The zero-order valence-electron chi connectivity index (χ0n) is 28.5. The van der Waals surface area contributed by atoms with Crippen LogP contribution in [-0.4, -0.2) is 71.8 Å². The Morgan fingerprint density at radius 2 is 1.85 bits per heavy atom. The number of nitrogens with one attached hydrogen (secondary N) is 2. The summed E-state index contributed by atoms with van der Waals surface area (Å²) in [6, 6.07) is 6.46. The summed E-state index contributed by atoms with van der Waals surface area (Å²) in [4.78, 5) is 46.9. The molecule has 4 aliphatic rings. The van der Waals surface area contributed by atoms with Crippen molar-refractivity contribution in [2.45, 2.75) is 104 Å². The van der Waals surface area contributed by atoms with E-state index in [2.05, 4.69) is 55.2 Å². The number of hydrogen-bond donors (Lipinski definition) is 2. The summed E-state index contributed by atoms with van der Waals surface area (Å²) in [5.74, 6) is 0.478. The molecule has 11 nitrogen and oxygen atoms in total. The van der Waals surface area contributed by atoms with E-state index in [0.29, 0.717) is 50.1 Å². The Morgan fingerprint density at radius 1 is 1.09 bits per heavy atom. The molecule has 1 unspecified atom stereocenters. The predicted molar refractivity (Wildman–Crippen MR) is 176 cm³/mol. The van der Waals surface area contributed by atoms with Crippen molar-refractivity contribution in [2.24, 2.45) is 23.2 Å². The zero-order chi connectivity index (χ0) is 33.8. The van der Waals surface area contributed by atoms with Crippen molar-refractivity contribution in [2.75, 3.05) is 13.2 Å². The van der Waals surface area contributed by atoms with Gasteiger partial charge in [-0.1, -0.05) is 39.8 Å². The first-order valence-electron chi connectivity index (χ1n) is 17.0. The monoisotopic (exact) mass is 648 g/mol. The van der Waals surface area contributed by atoms with Gasteiger partial charge in [0.2, 0.25) is 5.91 Å². The van der Waals surface area contributed by atoms with Crippen LogP contribution in [0, 0.1) is 23.2 Å². The van der Waals surface area contributed by atoms with Gasteiger partial charge in [0.05, 0.1) is 37.1 Å². The van der Waals surface area contributed by atoms with Gasteiger partial charge in [0.25, 0.3) is 5.91 Å². The molecule has 47 heavy (non-hydrogen) atoms. The number of carbonyl (C=O) groups excluding carboxylic acids is 3. The van der Waals surface area contributed by atoms with E-state index in [1.54, 1.807) is 6.92 Å². The number of nitrogens with zero attached hydrogens (tertiary/aromatic N) is 2. The van der Waals surface area contributed by atoms with Gasteiger partial charge < -0.3 is 29.4 Å². The third kappa shape index (κ3) is 7.97. The van der Waals surface area contributed by atoms with Crippen LogP contribution in [0.5, 0.6) is 5.75 Å². The van der Waals surface area contributed by atoms with Gasteiger partial charge in [0.1, 0.15) is 17.5 Å². The molecule has 2 heterocycles. The molecule has 1 aromatic carbocycles. The highest BCUT2D eigenvalue weighted by atomic mass is 16.7. The molecule has 3 aliphatic carbocycles. The van der Waals surface area contributed by atoms with Gasteiger partial charge in [-0.25, -0.2) is 4.98 Å². The SMILES string of the molecule is CCOC(=O)CCCOc1ccc(C[C@H](NC(=O)c2cnccn2)C(=O)N[C@@H](CC(C)C)B2OC3C[C@@H]4C[C@@H](C4(C)C)[C@]3(C)O2)cc1. The molecule has 2 amide bonds. The molecule has 2 aromatic rings. The quantitative estimate of drug-likeness (QED) is 0.164. The smallest absolute Gasteiger partial charge is 0.481 e. The average Bonchev–Trinajstić information content (AvgIpc) is 3.41. The number of benzene rings is 1. The second-order valence-electron chi connectivity index (χ2n) is 14.3. The van der Waals surface area contributed by atoms with Gasteiger partial charge in [-0.2, -0.15) is 0 Å². The molecule has 254 valence electrons. The number of ether oxygens (including phenoxy) is 2. The molecule has 6 rings (SSSR count). The van der Waals surface area contributed by atoms with Crippen LogP contribution in [-0.2, 0) is 30.1 Å². The third-order valence-electron chi connectivity index (χ3n) is 10.2. The number of esters is 1. The summed E-state index contributed by atoms with van der Waals surface area (Å²) < 4.78 is 24.1. The van der Waals surface area contributed by atoms with Gasteiger partial charge in [-0.15, -0.1) is 0 Å². The normalized spacial score (nSPS) is 25.3. The Labute approximate surface area is 278 Å². The van der Waals surface area contributed by atoms with E-state index in [1.807, 2.05) is 24.3 Å². The lowest BCUT2D eigenvalue weighted by atomic mass is 9.43. The van der Waals surface area contributed by atoms with E-state index >= 15 is 0 Å². The van der Waals surface area contributed by atoms with E-state index in [0.717, 1.165) is 18.4 Å². The lowest BCUT2D eigenvalue weighted by molar-refractivity contribution is -0.199. The largest absolute Gasteiger partial charge is 0.494 e. The summed E-state index contributed by atoms with van der Waals surface area (Å²) >= 11 is 0. The zero-order valence-corrected chi connectivity index (χ0v) is 28.5. The fraction of sp³-hybridized carbons (Fsp3) is 0.629. The minimum atomic E-state index is -0.901. The maximum Gasteiger partial charge on any atom is 0.481 e. The maximum atomic E-state index is 14.0. The minimum Gasteiger partial charge on any atom is -0.494 e. The summed E-state index contributed by atoms with van der Waals surface area (Å²) in [6.07, 6.45) is 8.13. The highest BCUT2D eigenvalue weighted by molar-refractivity contribution is 6.48. The molecular formula is C35H49BN4O7. The fourth-order valence-corrected chi connectivity index (χ4v) is 7.56. The van der Waals surface area contributed by atoms with Crippen LogP contribution in [0.15, 0.2) is 42.9 Å². The van der Waals surface area contributed by atoms with Crippen molar-refractivity contribution in [1.29, 1.82) is 0 Å². The van der Waals surface area contributed by atoms with Crippen molar-refractivity contribution in [3.05, 3.63) is 54.1 Å². The van der Waals surface area contributed by atoms with Crippen molar-refractivity contribution in [3.63, 3.8) is 0 Å². The van der Waals surface area contributed by atoms with Gasteiger partial charge in [-0.3, -0.25) is 19.4 Å². The summed E-state index contributed by atoms with van der Waals surface area (Å²) in [7, 11) is -0.580. The van der Waals surface area contributed by atoms with Crippen LogP contribution < -0.4 is 15.4 Å². The first kappa shape index (κ1) is 34.8. The summed E-state index contributed by atoms with van der Waals surface area (Å²) in [6.45, 7) is 13.6. The highest BCUT2D eigenvalue weighted by Gasteiger charge is 2.68. The van der Waals surface area contributed by atoms with Crippen LogP contribution in [0.1, 0.15) is 89.7 Å². The Kier molecular flexibility index (Phi) is 10.9. The molecule has 1 aliphatic heterocycles. The maximum absolute atomic E-state index is 14.0. The van der Waals surface area contributed by atoms with E-state index in [1.165, 1.54) is 18.6 Å². The summed E-state index contributed by atoms with van der Waals surface area (Å²) in [5.41, 5.74) is 0.763. The molecule has 3 saturated carbocycles. The summed E-state index contributed by atoms with van der Waals surface area (Å²) in [5, 5.41) is 6.09. The van der Waals surface area contributed by atoms with E-state index in [4.69, 9.17) is 18.8 Å². The topological polar surface area (TPSA) is 138 Å². The molecule has 1 aromatic heterocycles. The lowest BCUT2D eigenvalue weighted by Gasteiger charge is -2.64. The van der Waals surface area contributed by atoms with Gasteiger partial charge in [0.15, 0.2) is 0 Å². The standard InChI is InChI=1S/C35H49BN4O7/c1-7-44-31(41)9-8-16-45-25-12-10-23(11-13-25)18-26(39-33(43)27-21-37-14-15-38-27)32(42)40-30(17-22(2)3)36-46-29-20-24-19-28(34(24,4)5)35(29,6)47-36/h10-15,21-22,24,26,28-30H,7-9,16-20H2,1-6H3,(H,39,43)(H,40,42)/t24-,26-,28-,29?,30-,35-/m0/s1. The predicted octanol–water partition coefficient (Wildman–Crippen LogP) is 4.34. The second-order valence-corrected chi connectivity index (χ2v) is 14.3. The number of amides is 2. The average molecular weight is 649 g/mol. The Morgan fingerprint density at radius 3 is 2.51 bits per heavy atom. The first-order valence-corrected chi connectivity index (χ1v) is 17.0. The minimum absolute atomic E-state index is 0.00566. The van der Waals surface area contributed by atoms with Crippen molar-refractivity contribution in [1.82, 2.24) is 20.6 Å². The van der Waals surface area contributed by atoms with Crippen LogP contribution >= 0.6 is 0 Å². The molecule has 4 fully saturated rings. The molecule has 2 bridgehead atoms. The number of carbonyl (C=O) groups is 3.